The van der Waals surface area contributed by atoms with Gasteiger partial charge < -0.3 is 24.8 Å². The second-order valence-corrected chi connectivity index (χ2v) is 6.41. The highest BCUT2D eigenvalue weighted by Crippen LogP contribution is 2.24. The zero-order valence-electron chi connectivity index (χ0n) is 15.3. The summed E-state index contributed by atoms with van der Waals surface area (Å²) in [7, 11) is 0. The van der Waals surface area contributed by atoms with E-state index in [0.717, 1.165) is 30.1 Å². The Bertz CT molecular complexity index is 898. The number of urea groups is 1. The molecule has 3 aromatic rings. The minimum Gasteiger partial charge on any atom is -0.492 e. The van der Waals surface area contributed by atoms with Gasteiger partial charge in [-0.05, 0) is 31.2 Å². The molecule has 4 rings (SSSR count). The number of hydrogen-bond donors (Lipinski definition) is 2. The largest absolute Gasteiger partial charge is 0.492 e. The van der Waals surface area contributed by atoms with Crippen molar-refractivity contribution < 1.29 is 9.53 Å². The van der Waals surface area contributed by atoms with Crippen LogP contribution in [0, 0.1) is 0 Å². The fourth-order valence-electron chi connectivity index (χ4n) is 3.26. The number of aromatic nitrogens is 2. The molecule has 0 aliphatic carbocycles. The summed E-state index contributed by atoms with van der Waals surface area (Å²) in [5, 5.41) is 2.96. The van der Waals surface area contributed by atoms with E-state index < -0.39 is 0 Å². The first kappa shape index (κ1) is 17.2. The van der Waals surface area contributed by atoms with Gasteiger partial charge in [0.1, 0.15) is 5.75 Å². The SMILES string of the molecule is CCOc1ccccc1NC(=O)N1CCN(c2nc3ccccc3[nH]2)CC1. The Balaban J connectivity index is 1.38. The van der Waals surface area contributed by atoms with Crippen molar-refractivity contribution in [2.24, 2.45) is 0 Å². The zero-order valence-corrected chi connectivity index (χ0v) is 15.3. The number of hydrogen-bond acceptors (Lipinski definition) is 4. The Hall–Kier alpha value is -3.22. The number of H-pyrrole nitrogens is 1. The Labute approximate surface area is 157 Å². The first-order valence-electron chi connectivity index (χ1n) is 9.22. The molecule has 0 saturated carbocycles. The van der Waals surface area contributed by atoms with Gasteiger partial charge in [0, 0.05) is 26.2 Å². The van der Waals surface area contributed by atoms with Crippen LogP contribution in [0.25, 0.3) is 11.0 Å². The number of amides is 2. The minimum absolute atomic E-state index is 0.105. The van der Waals surface area contributed by atoms with Crippen molar-refractivity contribution in [3.63, 3.8) is 0 Å². The van der Waals surface area contributed by atoms with E-state index in [1.807, 2.05) is 60.4 Å². The predicted molar refractivity (Wildman–Crippen MR) is 107 cm³/mol. The quantitative estimate of drug-likeness (QED) is 0.744. The molecular formula is C20H23N5O2. The lowest BCUT2D eigenvalue weighted by Crippen LogP contribution is -2.50. The van der Waals surface area contributed by atoms with Gasteiger partial charge in [0.25, 0.3) is 0 Å². The molecule has 2 heterocycles. The van der Waals surface area contributed by atoms with Crippen LogP contribution >= 0.6 is 0 Å². The molecule has 1 aliphatic heterocycles. The number of rotatable bonds is 4. The molecule has 1 fully saturated rings. The highest BCUT2D eigenvalue weighted by molar-refractivity contribution is 5.91. The molecule has 0 bridgehead atoms. The van der Waals surface area contributed by atoms with Gasteiger partial charge in [0.05, 0.1) is 23.3 Å². The Morgan fingerprint density at radius 1 is 1.11 bits per heavy atom. The second kappa shape index (κ2) is 7.57. The third-order valence-corrected chi connectivity index (χ3v) is 4.67. The minimum atomic E-state index is -0.105. The summed E-state index contributed by atoms with van der Waals surface area (Å²) >= 11 is 0. The molecule has 0 atom stereocenters. The van der Waals surface area contributed by atoms with Gasteiger partial charge in [-0.25, -0.2) is 9.78 Å². The number of benzene rings is 2. The van der Waals surface area contributed by atoms with Crippen molar-refractivity contribution in [2.45, 2.75) is 6.92 Å². The van der Waals surface area contributed by atoms with Crippen molar-refractivity contribution in [3.8, 4) is 5.75 Å². The number of imidazole rings is 1. The third kappa shape index (κ3) is 3.67. The molecule has 0 unspecified atom stereocenters. The summed E-state index contributed by atoms with van der Waals surface area (Å²) in [6.07, 6.45) is 0. The Morgan fingerprint density at radius 2 is 1.85 bits per heavy atom. The van der Waals surface area contributed by atoms with Crippen molar-refractivity contribution >= 4 is 28.7 Å². The number of aromatic amines is 1. The van der Waals surface area contributed by atoms with Crippen LogP contribution in [-0.4, -0.2) is 53.7 Å². The van der Waals surface area contributed by atoms with E-state index in [-0.39, 0.29) is 6.03 Å². The van der Waals surface area contributed by atoms with Crippen LogP contribution in [-0.2, 0) is 0 Å². The smallest absolute Gasteiger partial charge is 0.322 e. The molecule has 1 saturated heterocycles. The van der Waals surface area contributed by atoms with E-state index in [2.05, 4.69) is 20.2 Å². The maximum Gasteiger partial charge on any atom is 0.322 e. The average molecular weight is 365 g/mol. The third-order valence-electron chi connectivity index (χ3n) is 4.67. The molecule has 27 heavy (non-hydrogen) atoms. The standard InChI is InChI=1S/C20H23N5O2/c1-2-27-18-10-6-5-9-17(18)23-20(26)25-13-11-24(12-14-25)19-21-15-7-3-4-8-16(15)22-19/h3-10H,2,11-14H2,1H3,(H,21,22)(H,23,26). The number of nitrogens with one attached hydrogen (secondary N) is 2. The summed E-state index contributed by atoms with van der Waals surface area (Å²) in [4.78, 5) is 24.6. The van der Waals surface area contributed by atoms with Crippen LogP contribution in [0.3, 0.4) is 0 Å². The van der Waals surface area contributed by atoms with Crippen LogP contribution in [0.2, 0.25) is 0 Å². The van der Waals surface area contributed by atoms with Crippen molar-refractivity contribution in [2.75, 3.05) is 43.0 Å². The van der Waals surface area contributed by atoms with E-state index in [1.165, 1.54) is 0 Å². The van der Waals surface area contributed by atoms with Gasteiger partial charge in [0.2, 0.25) is 5.95 Å². The van der Waals surface area contributed by atoms with E-state index in [1.54, 1.807) is 0 Å². The van der Waals surface area contributed by atoms with Gasteiger partial charge in [0.15, 0.2) is 0 Å². The predicted octanol–water partition coefficient (Wildman–Crippen LogP) is 3.32. The highest BCUT2D eigenvalue weighted by atomic mass is 16.5. The number of para-hydroxylation sites is 4. The van der Waals surface area contributed by atoms with Crippen LogP contribution < -0.4 is 15.0 Å². The first-order chi connectivity index (χ1) is 13.2. The monoisotopic (exact) mass is 365 g/mol. The summed E-state index contributed by atoms with van der Waals surface area (Å²) in [6.45, 7) is 5.24. The van der Waals surface area contributed by atoms with Gasteiger partial charge in [-0.15, -0.1) is 0 Å². The number of piperazine rings is 1. The van der Waals surface area contributed by atoms with Crippen LogP contribution in [0.1, 0.15) is 6.92 Å². The van der Waals surface area contributed by atoms with Crippen molar-refractivity contribution in [3.05, 3.63) is 48.5 Å². The maximum atomic E-state index is 12.6. The van der Waals surface area contributed by atoms with Crippen molar-refractivity contribution in [1.29, 1.82) is 0 Å². The highest BCUT2D eigenvalue weighted by Gasteiger charge is 2.23. The van der Waals surface area contributed by atoms with Gasteiger partial charge >= 0.3 is 6.03 Å². The molecule has 2 amide bonds. The van der Waals surface area contributed by atoms with Crippen molar-refractivity contribution in [1.82, 2.24) is 14.9 Å². The van der Waals surface area contributed by atoms with E-state index in [9.17, 15) is 4.79 Å². The van der Waals surface area contributed by atoms with Crippen LogP contribution in [0.4, 0.5) is 16.4 Å². The number of carbonyl (C=O) groups excluding carboxylic acids is 1. The normalized spacial score (nSPS) is 14.4. The summed E-state index contributed by atoms with van der Waals surface area (Å²) < 4.78 is 5.58. The molecule has 0 radical (unpaired) electrons. The number of ether oxygens (including phenoxy) is 1. The van der Waals surface area contributed by atoms with Gasteiger partial charge in [-0.3, -0.25) is 0 Å². The molecule has 2 N–H and O–H groups in total. The Morgan fingerprint density at radius 3 is 2.63 bits per heavy atom. The van der Waals surface area contributed by atoms with E-state index in [4.69, 9.17) is 4.74 Å². The zero-order chi connectivity index (χ0) is 18.6. The van der Waals surface area contributed by atoms with Crippen LogP contribution in [0.15, 0.2) is 48.5 Å². The molecule has 1 aliphatic rings. The topological polar surface area (TPSA) is 73.5 Å². The van der Waals surface area contributed by atoms with E-state index in [0.29, 0.717) is 31.1 Å². The molecule has 140 valence electrons. The summed E-state index contributed by atoms with van der Waals surface area (Å²) in [5.41, 5.74) is 2.68. The number of anilines is 2. The van der Waals surface area contributed by atoms with E-state index >= 15 is 0 Å². The molecule has 1 aromatic heterocycles. The molecule has 7 heteroatoms. The van der Waals surface area contributed by atoms with Gasteiger partial charge in [-0.2, -0.15) is 0 Å². The lowest BCUT2D eigenvalue weighted by Gasteiger charge is -2.34. The van der Waals surface area contributed by atoms with Crippen LogP contribution in [0.5, 0.6) is 5.75 Å². The number of fused-ring (bicyclic) bond motifs is 1. The van der Waals surface area contributed by atoms with Gasteiger partial charge in [-0.1, -0.05) is 24.3 Å². The summed E-state index contributed by atoms with van der Waals surface area (Å²) in [6, 6.07) is 15.4. The maximum absolute atomic E-state index is 12.6. The number of nitrogens with zero attached hydrogens (tertiary/aromatic N) is 3. The summed E-state index contributed by atoms with van der Waals surface area (Å²) in [5.74, 6) is 1.55. The fraction of sp³-hybridized carbons (Fsp3) is 0.300. The number of carbonyl (C=O) groups is 1. The average Bonchev–Trinajstić information content (AvgIpc) is 3.14. The first-order valence-corrected chi connectivity index (χ1v) is 9.22. The Kier molecular flexibility index (Phi) is 4.82. The molecule has 0 spiro atoms. The molecule has 7 nitrogen and oxygen atoms in total. The lowest BCUT2D eigenvalue weighted by atomic mass is 10.3. The second-order valence-electron chi connectivity index (χ2n) is 6.41. The molecular weight excluding hydrogens is 342 g/mol. The fourth-order valence-corrected chi connectivity index (χ4v) is 3.26. The lowest BCUT2D eigenvalue weighted by molar-refractivity contribution is 0.207. The molecule has 2 aromatic carbocycles.